The first-order valence-corrected chi connectivity index (χ1v) is 9.41. The minimum atomic E-state index is 0.217. The summed E-state index contributed by atoms with van der Waals surface area (Å²) in [4.78, 5) is 17.1. The summed E-state index contributed by atoms with van der Waals surface area (Å²) in [7, 11) is 1.98. The van der Waals surface area contributed by atoms with Crippen LogP contribution in [0.1, 0.15) is 44.1 Å². The number of carbonyl (C=O) groups excluding carboxylic acids is 1. The molecule has 1 aromatic rings. The Bertz CT molecular complexity index is 533. The van der Waals surface area contributed by atoms with Gasteiger partial charge in [-0.15, -0.1) is 0 Å². The van der Waals surface area contributed by atoms with E-state index in [1.807, 2.05) is 11.9 Å². The molecule has 0 spiro atoms. The van der Waals surface area contributed by atoms with E-state index in [-0.39, 0.29) is 11.9 Å². The van der Waals surface area contributed by atoms with Crippen molar-refractivity contribution in [2.75, 3.05) is 20.1 Å². The lowest BCUT2D eigenvalue weighted by Gasteiger charge is -2.31. The van der Waals surface area contributed by atoms with Crippen LogP contribution in [0.5, 0.6) is 0 Å². The zero-order valence-corrected chi connectivity index (χ0v) is 14.9. The second-order valence-electron chi connectivity index (χ2n) is 7.58. The maximum Gasteiger partial charge on any atom is 0.222 e. The lowest BCUT2D eigenvalue weighted by Crippen LogP contribution is -2.42. The van der Waals surface area contributed by atoms with Crippen molar-refractivity contribution >= 4 is 5.91 Å². The van der Waals surface area contributed by atoms with Crippen LogP contribution in [-0.2, 0) is 11.3 Å². The van der Waals surface area contributed by atoms with Crippen molar-refractivity contribution < 1.29 is 4.79 Å². The quantitative estimate of drug-likeness (QED) is 0.903. The van der Waals surface area contributed by atoms with E-state index in [1.165, 1.54) is 18.4 Å². The number of likely N-dealkylation sites (N-methyl/N-ethyl adjacent to an activating group) is 1. The van der Waals surface area contributed by atoms with E-state index in [2.05, 4.69) is 35.2 Å². The van der Waals surface area contributed by atoms with Crippen LogP contribution >= 0.6 is 0 Å². The Labute approximate surface area is 146 Å². The van der Waals surface area contributed by atoms with Crippen LogP contribution in [0.15, 0.2) is 30.3 Å². The molecule has 4 nitrogen and oxygen atoms in total. The number of rotatable bonds is 5. The topological polar surface area (TPSA) is 49.6 Å². The van der Waals surface area contributed by atoms with Crippen molar-refractivity contribution in [3.05, 3.63) is 35.9 Å². The summed E-state index contributed by atoms with van der Waals surface area (Å²) in [5.74, 6) is 0.666. The summed E-state index contributed by atoms with van der Waals surface area (Å²) in [5.41, 5.74) is 7.56. The Balaban J connectivity index is 1.48. The minimum Gasteiger partial charge on any atom is -0.341 e. The molecule has 1 saturated heterocycles. The van der Waals surface area contributed by atoms with E-state index in [4.69, 9.17) is 5.73 Å². The minimum absolute atomic E-state index is 0.217. The van der Waals surface area contributed by atoms with Crippen molar-refractivity contribution in [3.8, 4) is 0 Å². The van der Waals surface area contributed by atoms with Gasteiger partial charge in [0.05, 0.1) is 0 Å². The molecule has 1 aliphatic carbocycles. The lowest BCUT2D eigenvalue weighted by molar-refractivity contribution is -0.133. The molecule has 4 heteroatoms. The van der Waals surface area contributed by atoms with Crippen molar-refractivity contribution in [2.24, 2.45) is 11.7 Å². The Morgan fingerprint density at radius 3 is 2.71 bits per heavy atom. The largest absolute Gasteiger partial charge is 0.341 e. The van der Waals surface area contributed by atoms with E-state index < -0.39 is 0 Å². The van der Waals surface area contributed by atoms with Crippen LogP contribution in [0.3, 0.4) is 0 Å². The zero-order valence-electron chi connectivity index (χ0n) is 14.9. The molecule has 1 aliphatic heterocycles. The molecule has 0 aromatic heterocycles. The summed E-state index contributed by atoms with van der Waals surface area (Å²) in [6.07, 6.45) is 6.35. The summed E-state index contributed by atoms with van der Waals surface area (Å²) in [5, 5.41) is 0. The highest BCUT2D eigenvalue weighted by Crippen LogP contribution is 2.27. The molecule has 1 amide bonds. The molecule has 3 unspecified atom stereocenters. The number of hydrogen-bond donors (Lipinski definition) is 1. The normalized spacial score (nSPS) is 28.0. The molecular weight excluding hydrogens is 298 g/mol. The number of carbonyl (C=O) groups is 1. The van der Waals surface area contributed by atoms with Gasteiger partial charge in [-0.2, -0.15) is 0 Å². The van der Waals surface area contributed by atoms with Gasteiger partial charge in [0.2, 0.25) is 5.91 Å². The maximum absolute atomic E-state index is 12.7. The highest BCUT2D eigenvalue weighted by atomic mass is 16.2. The molecule has 1 heterocycles. The fourth-order valence-electron chi connectivity index (χ4n) is 4.18. The molecule has 2 fully saturated rings. The van der Waals surface area contributed by atoms with E-state index in [0.29, 0.717) is 18.4 Å². The monoisotopic (exact) mass is 329 g/mol. The molecule has 3 atom stereocenters. The Kier molecular flexibility index (Phi) is 5.90. The molecule has 0 radical (unpaired) electrons. The summed E-state index contributed by atoms with van der Waals surface area (Å²) >= 11 is 0. The fraction of sp³-hybridized carbons (Fsp3) is 0.650. The van der Waals surface area contributed by atoms with Gasteiger partial charge in [0.25, 0.3) is 0 Å². The first-order chi connectivity index (χ1) is 11.6. The average molecular weight is 329 g/mol. The van der Waals surface area contributed by atoms with Gasteiger partial charge in [-0.3, -0.25) is 9.69 Å². The Morgan fingerprint density at radius 1 is 1.21 bits per heavy atom. The third kappa shape index (κ3) is 4.37. The summed E-state index contributed by atoms with van der Waals surface area (Å²) in [6.45, 7) is 3.03. The van der Waals surface area contributed by atoms with Gasteiger partial charge in [-0.25, -0.2) is 0 Å². The summed E-state index contributed by atoms with van der Waals surface area (Å²) in [6, 6.07) is 11.1. The van der Waals surface area contributed by atoms with Crippen molar-refractivity contribution in [3.63, 3.8) is 0 Å². The standard InChI is InChI=1S/C20H31N3O/c1-22(20(24)13-17-9-5-6-10-19(17)21)18-11-12-23(15-18)14-16-7-3-2-4-8-16/h2-4,7-8,17-19H,5-6,9-15,21H2,1H3. The zero-order chi connectivity index (χ0) is 16.9. The van der Waals surface area contributed by atoms with E-state index >= 15 is 0 Å². The molecule has 2 N–H and O–H groups in total. The number of likely N-dealkylation sites (tertiary alicyclic amines) is 1. The first-order valence-electron chi connectivity index (χ1n) is 9.41. The van der Waals surface area contributed by atoms with Crippen molar-refractivity contribution in [1.82, 2.24) is 9.80 Å². The molecule has 132 valence electrons. The molecule has 0 bridgehead atoms. The van der Waals surface area contributed by atoms with Gasteiger partial charge in [-0.05, 0) is 30.7 Å². The third-order valence-electron chi connectivity index (χ3n) is 5.84. The van der Waals surface area contributed by atoms with Gasteiger partial charge in [0, 0.05) is 45.2 Å². The predicted octanol–water partition coefficient (Wildman–Crippen LogP) is 2.63. The number of amides is 1. The highest BCUT2D eigenvalue weighted by Gasteiger charge is 2.31. The average Bonchev–Trinajstić information content (AvgIpc) is 3.05. The van der Waals surface area contributed by atoms with Gasteiger partial charge in [0.1, 0.15) is 0 Å². The van der Waals surface area contributed by atoms with Gasteiger partial charge < -0.3 is 10.6 Å². The Morgan fingerprint density at radius 2 is 1.96 bits per heavy atom. The lowest BCUT2D eigenvalue weighted by atomic mass is 9.82. The van der Waals surface area contributed by atoms with Crippen LogP contribution in [0.4, 0.5) is 0 Å². The molecule has 3 rings (SSSR count). The van der Waals surface area contributed by atoms with E-state index in [1.54, 1.807) is 0 Å². The van der Waals surface area contributed by atoms with Gasteiger partial charge in [-0.1, -0.05) is 43.2 Å². The van der Waals surface area contributed by atoms with Crippen LogP contribution < -0.4 is 5.73 Å². The van der Waals surface area contributed by atoms with Crippen LogP contribution in [0.25, 0.3) is 0 Å². The van der Waals surface area contributed by atoms with Crippen LogP contribution in [-0.4, -0.2) is 47.9 Å². The van der Waals surface area contributed by atoms with Gasteiger partial charge in [0.15, 0.2) is 0 Å². The smallest absolute Gasteiger partial charge is 0.222 e. The summed E-state index contributed by atoms with van der Waals surface area (Å²) < 4.78 is 0. The van der Waals surface area contributed by atoms with E-state index in [9.17, 15) is 4.79 Å². The maximum atomic E-state index is 12.7. The predicted molar refractivity (Wildman–Crippen MR) is 97.4 cm³/mol. The highest BCUT2D eigenvalue weighted by molar-refractivity contribution is 5.76. The molecule has 2 aliphatic rings. The van der Waals surface area contributed by atoms with Crippen molar-refractivity contribution in [1.29, 1.82) is 0 Å². The van der Waals surface area contributed by atoms with Gasteiger partial charge >= 0.3 is 0 Å². The molecule has 1 aromatic carbocycles. The molecular formula is C20H31N3O. The van der Waals surface area contributed by atoms with Crippen molar-refractivity contribution in [2.45, 2.75) is 57.2 Å². The molecule has 1 saturated carbocycles. The number of hydrogen-bond acceptors (Lipinski definition) is 3. The number of nitrogens with two attached hydrogens (primary N) is 1. The third-order valence-corrected chi connectivity index (χ3v) is 5.84. The Hall–Kier alpha value is -1.39. The molecule has 24 heavy (non-hydrogen) atoms. The second kappa shape index (κ2) is 8.13. The van der Waals surface area contributed by atoms with Crippen LogP contribution in [0, 0.1) is 5.92 Å². The van der Waals surface area contributed by atoms with E-state index in [0.717, 1.165) is 38.9 Å². The number of benzene rings is 1. The van der Waals surface area contributed by atoms with Crippen LogP contribution in [0.2, 0.25) is 0 Å². The fourth-order valence-corrected chi connectivity index (χ4v) is 4.18. The SMILES string of the molecule is CN(C(=O)CC1CCCCC1N)C1CCN(Cc2ccccc2)C1. The second-order valence-corrected chi connectivity index (χ2v) is 7.58. The number of nitrogens with zero attached hydrogens (tertiary/aromatic N) is 2. The first kappa shape index (κ1) is 17.4.